The van der Waals surface area contributed by atoms with Crippen LogP contribution in [0.3, 0.4) is 0 Å². The maximum Gasteiger partial charge on any atom is 0.305 e. The molecule has 1 aliphatic heterocycles. The first kappa shape index (κ1) is 18.3. The van der Waals surface area contributed by atoms with Gasteiger partial charge >= 0.3 is 5.97 Å². The van der Waals surface area contributed by atoms with Crippen molar-refractivity contribution in [1.82, 2.24) is 10.2 Å². The topological polar surface area (TPSA) is 41.6 Å². The Hall–Kier alpha value is -0.0300. The van der Waals surface area contributed by atoms with Crippen molar-refractivity contribution in [2.24, 2.45) is 0 Å². The Kier molecular flexibility index (Phi) is 13.1. The van der Waals surface area contributed by atoms with E-state index in [0.717, 1.165) is 45.6 Å². The number of rotatable bonds is 5. The number of carbonyl (C=O) groups excluding carboxylic acids is 1. The summed E-state index contributed by atoms with van der Waals surface area (Å²) in [5, 5.41) is 3.32. The van der Waals surface area contributed by atoms with Gasteiger partial charge in [0.15, 0.2) is 0 Å². The number of unbranched alkanes of at least 4 members (excludes halogenated alkanes) is 1. The third-order valence-corrected chi connectivity index (χ3v) is 2.54. The second kappa shape index (κ2) is 11.5. The molecule has 0 saturated carbocycles. The van der Waals surface area contributed by atoms with E-state index in [4.69, 9.17) is 0 Å². The minimum absolute atomic E-state index is 0. The van der Waals surface area contributed by atoms with E-state index in [-0.39, 0.29) is 30.8 Å². The highest BCUT2D eigenvalue weighted by Crippen LogP contribution is 2.01. The summed E-state index contributed by atoms with van der Waals surface area (Å²) in [6.45, 7) is 5.57. The SMILES string of the molecule is COC(=O)CCCCN1CCNCC1.Cl.Cl. The van der Waals surface area contributed by atoms with Gasteiger partial charge in [-0.05, 0) is 19.4 Å². The van der Waals surface area contributed by atoms with Crippen LogP contribution in [-0.2, 0) is 9.53 Å². The summed E-state index contributed by atoms with van der Waals surface area (Å²) < 4.78 is 4.58. The lowest BCUT2D eigenvalue weighted by Gasteiger charge is -2.26. The average molecular weight is 273 g/mol. The molecule has 1 aliphatic rings. The zero-order chi connectivity index (χ0) is 10.2. The molecular formula is C10H22Cl2N2O2. The van der Waals surface area contributed by atoms with Crippen LogP contribution in [0.5, 0.6) is 0 Å². The highest BCUT2D eigenvalue weighted by Gasteiger charge is 2.08. The lowest BCUT2D eigenvalue weighted by atomic mass is 10.2. The standard InChI is InChI=1S/C10H20N2O2.2ClH/c1-14-10(13)4-2-3-7-12-8-5-11-6-9-12;;/h11H,2-9H2,1H3;2*1H. The maximum atomic E-state index is 10.8. The van der Waals surface area contributed by atoms with Gasteiger partial charge in [-0.15, -0.1) is 24.8 Å². The quantitative estimate of drug-likeness (QED) is 0.601. The molecule has 0 aromatic carbocycles. The number of ether oxygens (including phenoxy) is 1. The molecule has 0 amide bonds. The van der Waals surface area contributed by atoms with E-state index in [1.54, 1.807) is 0 Å². The van der Waals surface area contributed by atoms with Gasteiger partial charge in [0.2, 0.25) is 0 Å². The smallest absolute Gasteiger partial charge is 0.305 e. The van der Waals surface area contributed by atoms with Gasteiger partial charge in [-0.25, -0.2) is 0 Å². The van der Waals surface area contributed by atoms with Gasteiger partial charge in [-0.1, -0.05) is 0 Å². The average Bonchev–Trinajstić information content (AvgIpc) is 2.25. The second-order valence-corrected chi connectivity index (χ2v) is 3.62. The molecule has 1 saturated heterocycles. The van der Waals surface area contributed by atoms with Crippen molar-refractivity contribution in [2.45, 2.75) is 19.3 Å². The minimum atomic E-state index is -0.0923. The third-order valence-electron chi connectivity index (χ3n) is 2.54. The van der Waals surface area contributed by atoms with E-state index in [0.29, 0.717) is 6.42 Å². The first-order valence-electron chi connectivity index (χ1n) is 5.33. The summed E-state index contributed by atoms with van der Waals surface area (Å²) in [5.41, 5.74) is 0. The Balaban J connectivity index is 0. The first-order valence-corrected chi connectivity index (χ1v) is 5.33. The number of methoxy groups -OCH3 is 1. The van der Waals surface area contributed by atoms with Gasteiger partial charge in [-0.2, -0.15) is 0 Å². The summed E-state index contributed by atoms with van der Waals surface area (Å²) in [6, 6.07) is 0. The monoisotopic (exact) mass is 272 g/mol. The number of carbonyl (C=O) groups is 1. The Bertz CT molecular complexity index is 176. The van der Waals surface area contributed by atoms with Crippen LogP contribution in [-0.4, -0.2) is 50.7 Å². The van der Waals surface area contributed by atoms with Crippen molar-refractivity contribution in [2.75, 3.05) is 39.8 Å². The highest BCUT2D eigenvalue weighted by molar-refractivity contribution is 5.85. The van der Waals surface area contributed by atoms with Crippen LogP contribution in [0.4, 0.5) is 0 Å². The van der Waals surface area contributed by atoms with Crippen LogP contribution in [0.2, 0.25) is 0 Å². The molecule has 98 valence electrons. The van der Waals surface area contributed by atoms with Gasteiger partial charge in [0.25, 0.3) is 0 Å². The summed E-state index contributed by atoms with van der Waals surface area (Å²) in [7, 11) is 1.44. The summed E-state index contributed by atoms with van der Waals surface area (Å²) in [6.07, 6.45) is 2.59. The molecule has 0 aromatic heterocycles. The molecule has 1 fully saturated rings. The second-order valence-electron chi connectivity index (χ2n) is 3.62. The van der Waals surface area contributed by atoms with Gasteiger partial charge in [0.05, 0.1) is 7.11 Å². The molecule has 0 atom stereocenters. The van der Waals surface area contributed by atoms with Gasteiger partial charge in [-0.3, -0.25) is 4.79 Å². The van der Waals surface area contributed by atoms with Crippen molar-refractivity contribution in [1.29, 1.82) is 0 Å². The lowest BCUT2D eigenvalue weighted by molar-refractivity contribution is -0.140. The van der Waals surface area contributed by atoms with Crippen LogP contribution >= 0.6 is 24.8 Å². The van der Waals surface area contributed by atoms with E-state index in [9.17, 15) is 4.79 Å². The summed E-state index contributed by atoms with van der Waals surface area (Å²) >= 11 is 0. The van der Waals surface area contributed by atoms with Gasteiger partial charge < -0.3 is 15.0 Å². The molecule has 0 aliphatic carbocycles. The van der Waals surface area contributed by atoms with Crippen molar-refractivity contribution < 1.29 is 9.53 Å². The molecule has 16 heavy (non-hydrogen) atoms. The van der Waals surface area contributed by atoms with Crippen LogP contribution in [0.25, 0.3) is 0 Å². The number of halogens is 2. The van der Waals surface area contributed by atoms with E-state index < -0.39 is 0 Å². The predicted octanol–water partition coefficient (Wildman–Crippen LogP) is 1.08. The Labute approximate surface area is 110 Å². The minimum Gasteiger partial charge on any atom is -0.469 e. The van der Waals surface area contributed by atoms with Crippen molar-refractivity contribution in [3.05, 3.63) is 0 Å². The van der Waals surface area contributed by atoms with Gasteiger partial charge in [0, 0.05) is 32.6 Å². The number of hydrogen-bond donors (Lipinski definition) is 1. The summed E-state index contributed by atoms with van der Waals surface area (Å²) in [5.74, 6) is -0.0923. The molecule has 1 heterocycles. The fraction of sp³-hybridized carbons (Fsp3) is 0.900. The molecule has 0 aromatic rings. The van der Waals surface area contributed by atoms with Crippen LogP contribution < -0.4 is 5.32 Å². The van der Waals surface area contributed by atoms with Crippen LogP contribution in [0.15, 0.2) is 0 Å². The molecule has 1 rings (SSSR count). The normalized spacial score (nSPS) is 15.8. The Morgan fingerprint density at radius 2 is 1.88 bits per heavy atom. The number of piperazine rings is 1. The fourth-order valence-electron chi connectivity index (χ4n) is 1.64. The molecule has 4 nitrogen and oxygen atoms in total. The summed E-state index contributed by atoms with van der Waals surface area (Å²) in [4.78, 5) is 13.3. The molecule has 0 spiro atoms. The first-order chi connectivity index (χ1) is 6.83. The molecule has 1 N–H and O–H groups in total. The van der Waals surface area contributed by atoms with E-state index in [1.807, 2.05) is 0 Å². The molecule has 6 heteroatoms. The molecule has 0 unspecified atom stereocenters. The van der Waals surface area contributed by atoms with Crippen LogP contribution in [0.1, 0.15) is 19.3 Å². The number of nitrogens with zero attached hydrogens (tertiary/aromatic N) is 1. The Morgan fingerprint density at radius 1 is 1.25 bits per heavy atom. The lowest BCUT2D eigenvalue weighted by Crippen LogP contribution is -2.43. The highest BCUT2D eigenvalue weighted by atomic mass is 35.5. The third kappa shape index (κ3) is 8.16. The number of hydrogen-bond acceptors (Lipinski definition) is 4. The van der Waals surface area contributed by atoms with Crippen molar-refractivity contribution >= 4 is 30.8 Å². The predicted molar refractivity (Wildman–Crippen MR) is 69.7 cm³/mol. The van der Waals surface area contributed by atoms with Crippen LogP contribution in [0, 0.1) is 0 Å². The number of esters is 1. The maximum absolute atomic E-state index is 10.8. The van der Waals surface area contributed by atoms with E-state index in [1.165, 1.54) is 7.11 Å². The number of nitrogens with one attached hydrogen (secondary N) is 1. The van der Waals surface area contributed by atoms with E-state index in [2.05, 4.69) is 15.0 Å². The molecule has 0 bridgehead atoms. The Morgan fingerprint density at radius 3 is 2.44 bits per heavy atom. The molecular weight excluding hydrogens is 251 g/mol. The fourth-order valence-corrected chi connectivity index (χ4v) is 1.64. The molecule has 0 radical (unpaired) electrons. The zero-order valence-electron chi connectivity index (χ0n) is 9.74. The largest absolute Gasteiger partial charge is 0.469 e. The van der Waals surface area contributed by atoms with E-state index >= 15 is 0 Å². The van der Waals surface area contributed by atoms with Crippen molar-refractivity contribution in [3.63, 3.8) is 0 Å². The van der Waals surface area contributed by atoms with Crippen molar-refractivity contribution in [3.8, 4) is 0 Å². The van der Waals surface area contributed by atoms with Gasteiger partial charge in [0.1, 0.15) is 0 Å². The zero-order valence-corrected chi connectivity index (χ0v) is 11.4.